The summed E-state index contributed by atoms with van der Waals surface area (Å²) in [4.78, 5) is 4.33. The summed E-state index contributed by atoms with van der Waals surface area (Å²) in [5.74, 6) is 0. The van der Waals surface area contributed by atoms with E-state index >= 15 is 0 Å². The Morgan fingerprint density at radius 1 is 1.03 bits per heavy atom. The Bertz CT molecular complexity index is 1120. The van der Waals surface area contributed by atoms with Crippen LogP contribution in [0, 0.1) is 0 Å². The highest BCUT2D eigenvalue weighted by Gasteiger charge is 2.56. The lowest BCUT2D eigenvalue weighted by Crippen LogP contribution is -2.62. The maximum Gasteiger partial charge on any atom is 0.186 e. The highest BCUT2D eigenvalue weighted by atomic mass is 32.2. The first-order valence-electron chi connectivity index (χ1n) is 10.4. The third kappa shape index (κ3) is 3.76. The summed E-state index contributed by atoms with van der Waals surface area (Å²) >= 11 is 0. The molecule has 0 saturated carbocycles. The van der Waals surface area contributed by atoms with Crippen LogP contribution in [0.15, 0.2) is 84.3 Å². The number of benzene rings is 2. The summed E-state index contributed by atoms with van der Waals surface area (Å²) in [5, 5.41) is -0.988. The molecule has 8 nitrogen and oxygen atoms in total. The van der Waals surface area contributed by atoms with E-state index in [1.165, 1.54) is 7.11 Å². The Hall–Kier alpha value is -2.56. The maximum atomic E-state index is 14.0. The van der Waals surface area contributed by atoms with Gasteiger partial charge in [-0.05, 0) is 12.1 Å². The molecule has 2 aromatic carbocycles. The lowest BCUT2D eigenvalue weighted by molar-refractivity contribution is -0.321. The summed E-state index contributed by atoms with van der Waals surface area (Å²) in [6.07, 6.45) is 1.97. The molecule has 2 aliphatic heterocycles. The summed E-state index contributed by atoms with van der Waals surface area (Å²) in [5.41, 5.74) is 0.815. The number of rotatable bonds is 5. The zero-order valence-electron chi connectivity index (χ0n) is 17.4. The van der Waals surface area contributed by atoms with Gasteiger partial charge in [0.15, 0.2) is 22.4 Å². The molecule has 1 unspecified atom stereocenters. The molecule has 2 fully saturated rings. The van der Waals surface area contributed by atoms with Gasteiger partial charge in [-0.1, -0.05) is 48.5 Å². The Morgan fingerprint density at radius 2 is 1.75 bits per heavy atom. The summed E-state index contributed by atoms with van der Waals surface area (Å²) in [6.45, 7) is 0.182. The molecule has 3 heterocycles. The van der Waals surface area contributed by atoms with Gasteiger partial charge in [0.05, 0.1) is 17.8 Å². The van der Waals surface area contributed by atoms with Crippen molar-refractivity contribution in [1.29, 1.82) is 0 Å². The molecule has 0 spiro atoms. The van der Waals surface area contributed by atoms with E-state index in [4.69, 9.17) is 18.9 Å². The first-order chi connectivity index (χ1) is 15.6. The second kappa shape index (κ2) is 8.76. The number of methoxy groups -OCH3 is 1. The van der Waals surface area contributed by atoms with Gasteiger partial charge in [-0.15, -0.1) is 0 Å². The van der Waals surface area contributed by atoms with Gasteiger partial charge in [0.1, 0.15) is 23.5 Å². The van der Waals surface area contributed by atoms with Crippen molar-refractivity contribution < 1.29 is 27.4 Å². The van der Waals surface area contributed by atoms with Gasteiger partial charge < -0.3 is 23.5 Å². The number of sulfone groups is 1. The zero-order valence-corrected chi connectivity index (χ0v) is 18.2. The molecular weight excluding hydrogens is 432 g/mol. The largest absolute Gasteiger partial charge is 0.354 e. The van der Waals surface area contributed by atoms with Crippen LogP contribution in [0.4, 0.5) is 0 Å². The maximum absolute atomic E-state index is 14.0. The van der Waals surface area contributed by atoms with Crippen LogP contribution in [-0.4, -0.2) is 55.4 Å². The van der Waals surface area contributed by atoms with Gasteiger partial charge in [0, 0.05) is 25.1 Å². The van der Waals surface area contributed by atoms with Crippen LogP contribution < -0.4 is 0 Å². The highest BCUT2D eigenvalue weighted by Crippen LogP contribution is 2.43. The quantitative estimate of drug-likeness (QED) is 0.583. The fourth-order valence-corrected chi connectivity index (χ4v) is 6.50. The first kappa shape index (κ1) is 21.3. The average molecular weight is 457 g/mol. The fraction of sp³-hybridized carbons (Fsp3) is 0.348. The van der Waals surface area contributed by atoms with Gasteiger partial charge in [-0.3, -0.25) is 0 Å². The summed E-state index contributed by atoms with van der Waals surface area (Å²) in [6, 6.07) is 17.2. The molecule has 168 valence electrons. The minimum Gasteiger partial charge on any atom is -0.354 e. The van der Waals surface area contributed by atoms with E-state index in [-0.39, 0.29) is 11.5 Å². The SMILES string of the molecule is CO[C@H]1O[C@@H]2COC(c3ccccc3)O[C@H]2[C@H](S(=O)(=O)c2ccccc2)[C@@H]1n1ccnc1. The monoisotopic (exact) mass is 456 g/mol. The molecule has 2 aliphatic rings. The topological polar surface area (TPSA) is 88.9 Å². The number of nitrogens with zero attached hydrogens (tertiary/aromatic N) is 2. The number of hydrogen-bond acceptors (Lipinski definition) is 7. The predicted molar refractivity (Wildman–Crippen MR) is 114 cm³/mol. The van der Waals surface area contributed by atoms with E-state index in [1.54, 1.807) is 53.6 Å². The standard InChI is InChI=1S/C23H24N2O6S/c1-28-23-19(25-13-12-24-15-25)21(32(26,27)17-10-6-3-7-11-17)20-18(30-23)14-29-22(31-20)16-8-4-2-5-9-16/h2-13,15,18-23H,14H2,1H3/t18-,19+,20-,21-,22?,23+/m1/s1. The average Bonchev–Trinajstić information content (AvgIpc) is 3.38. The van der Waals surface area contributed by atoms with Crippen molar-refractivity contribution in [3.8, 4) is 0 Å². The zero-order chi connectivity index (χ0) is 22.1. The summed E-state index contributed by atoms with van der Waals surface area (Å²) < 4.78 is 53.6. The van der Waals surface area contributed by atoms with Crippen molar-refractivity contribution in [2.45, 2.75) is 41.0 Å². The van der Waals surface area contributed by atoms with Gasteiger partial charge in [0.2, 0.25) is 0 Å². The molecule has 0 radical (unpaired) electrons. The normalized spacial score (nSPS) is 30.5. The van der Waals surface area contributed by atoms with Crippen LogP contribution in [-0.2, 0) is 28.8 Å². The molecule has 0 amide bonds. The Labute approximate surface area is 186 Å². The van der Waals surface area contributed by atoms with Crippen molar-refractivity contribution in [3.63, 3.8) is 0 Å². The van der Waals surface area contributed by atoms with E-state index in [1.807, 2.05) is 30.3 Å². The number of imidazole rings is 1. The Balaban J connectivity index is 1.60. The second-order valence-electron chi connectivity index (χ2n) is 7.78. The van der Waals surface area contributed by atoms with Crippen molar-refractivity contribution in [2.24, 2.45) is 0 Å². The van der Waals surface area contributed by atoms with E-state index in [0.29, 0.717) is 0 Å². The molecule has 0 bridgehead atoms. The predicted octanol–water partition coefficient (Wildman–Crippen LogP) is 2.75. The van der Waals surface area contributed by atoms with E-state index in [2.05, 4.69) is 4.98 Å². The third-order valence-electron chi connectivity index (χ3n) is 5.91. The van der Waals surface area contributed by atoms with E-state index in [9.17, 15) is 8.42 Å². The smallest absolute Gasteiger partial charge is 0.186 e. The first-order valence-corrected chi connectivity index (χ1v) is 11.9. The van der Waals surface area contributed by atoms with E-state index in [0.717, 1.165) is 5.56 Å². The molecule has 1 aromatic heterocycles. The summed E-state index contributed by atoms with van der Waals surface area (Å²) in [7, 11) is -2.35. The van der Waals surface area contributed by atoms with Crippen LogP contribution in [0.5, 0.6) is 0 Å². The Kier molecular flexibility index (Phi) is 5.83. The molecule has 6 atom stereocenters. The minimum absolute atomic E-state index is 0.182. The third-order valence-corrected chi connectivity index (χ3v) is 8.10. The lowest BCUT2D eigenvalue weighted by Gasteiger charge is -2.49. The Morgan fingerprint density at radius 3 is 2.41 bits per heavy atom. The number of fused-ring (bicyclic) bond motifs is 1. The molecule has 2 saturated heterocycles. The van der Waals surface area contributed by atoms with Crippen LogP contribution in [0.25, 0.3) is 0 Å². The second-order valence-corrected chi connectivity index (χ2v) is 9.88. The number of aromatic nitrogens is 2. The molecule has 5 rings (SSSR count). The fourth-order valence-electron chi connectivity index (χ4n) is 4.42. The number of ether oxygens (including phenoxy) is 4. The van der Waals surface area contributed by atoms with Crippen molar-refractivity contribution in [3.05, 3.63) is 84.9 Å². The van der Waals surface area contributed by atoms with E-state index < -0.39 is 45.9 Å². The van der Waals surface area contributed by atoms with Gasteiger partial charge in [0.25, 0.3) is 0 Å². The molecular formula is C23H24N2O6S. The van der Waals surface area contributed by atoms with Crippen LogP contribution >= 0.6 is 0 Å². The van der Waals surface area contributed by atoms with Crippen molar-refractivity contribution in [1.82, 2.24) is 9.55 Å². The molecule has 3 aromatic rings. The molecule has 32 heavy (non-hydrogen) atoms. The molecule has 0 N–H and O–H groups in total. The van der Waals surface area contributed by atoms with Crippen LogP contribution in [0.3, 0.4) is 0 Å². The highest BCUT2D eigenvalue weighted by molar-refractivity contribution is 7.92. The number of hydrogen-bond donors (Lipinski definition) is 0. The van der Waals surface area contributed by atoms with Gasteiger partial charge in [-0.2, -0.15) is 0 Å². The van der Waals surface area contributed by atoms with Crippen molar-refractivity contribution >= 4 is 9.84 Å². The molecule has 0 aliphatic carbocycles. The van der Waals surface area contributed by atoms with Crippen LogP contribution in [0.2, 0.25) is 0 Å². The van der Waals surface area contributed by atoms with Crippen LogP contribution in [0.1, 0.15) is 17.9 Å². The van der Waals surface area contributed by atoms with Gasteiger partial charge in [-0.25, -0.2) is 13.4 Å². The minimum atomic E-state index is -3.85. The van der Waals surface area contributed by atoms with Crippen molar-refractivity contribution in [2.75, 3.05) is 13.7 Å². The lowest BCUT2D eigenvalue weighted by atomic mass is 9.98. The molecule has 9 heteroatoms. The van der Waals surface area contributed by atoms with Gasteiger partial charge >= 0.3 is 0 Å².